The van der Waals surface area contributed by atoms with E-state index in [9.17, 15) is 0 Å². The lowest BCUT2D eigenvalue weighted by atomic mass is 9.84. The number of nitrogens with zero attached hydrogens (tertiary/aromatic N) is 4. The standard InChI is InChI=1S/C22H44N6O.HI/c1-4-23-21(24-18-20(2)27-14-16-29-17-15-27)25-19-22(8-12-26(3)13-9-22)28-10-6-5-7-11-28;/h20H,4-19H2,1-3H3,(H2,23,24,25);1H. The first-order valence-electron chi connectivity index (χ1n) is 11.9. The minimum absolute atomic E-state index is 0. The third-order valence-corrected chi connectivity index (χ3v) is 7.05. The average Bonchev–Trinajstić information content (AvgIpc) is 2.78. The van der Waals surface area contributed by atoms with Gasteiger partial charge in [0.15, 0.2) is 5.96 Å². The quantitative estimate of drug-likeness (QED) is 0.294. The number of ether oxygens (including phenoxy) is 1. The summed E-state index contributed by atoms with van der Waals surface area (Å²) in [6.07, 6.45) is 6.54. The van der Waals surface area contributed by atoms with Crippen LogP contribution >= 0.6 is 24.0 Å². The highest BCUT2D eigenvalue weighted by Crippen LogP contribution is 2.31. The van der Waals surface area contributed by atoms with Gasteiger partial charge in [0.1, 0.15) is 0 Å². The number of halogens is 1. The Labute approximate surface area is 201 Å². The van der Waals surface area contributed by atoms with E-state index in [1.54, 1.807) is 0 Å². The van der Waals surface area contributed by atoms with Gasteiger partial charge in [0.2, 0.25) is 0 Å². The lowest BCUT2D eigenvalue weighted by molar-refractivity contribution is 0.0201. The number of rotatable bonds is 7. The zero-order valence-electron chi connectivity index (χ0n) is 19.5. The second-order valence-electron chi connectivity index (χ2n) is 9.15. The SMILES string of the molecule is CCNC(=NCC1(N2CCCCC2)CCN(C)CC1)NCC(C)N1CCOCC1.I. The molecule has 0 aliphatic carbocycles. The molecule has 3 rings (SSSR count). The summed E-state index contributed by atoms with van der Waals surface area (Å²) >= 11 is 0. The van der Waals surface area contributed by atoms with Crippen molar-refractivity contribution in [1.29, 1.82) is 0 Å². The fraction of sp³-hybridized carbons (Fsp3) is 0.955. The van der Waals surface area contributed by atoms with Crippen molar-refractivity contribution in [1.82, 2.24) is 25.3 Å². The van der Waals surface area contributed by atoms with Crippen LogP contribution in [0.5, 0.6) is 0 Å². The van der Waals surface area contributed by atoms with Crippen molar-refractivity contribution in [2.45, 2.75) is 57.5 Å². The van der Waals surface area contributed by atoms with Gasteiger partial charge >= 0.3 is 0 Å². The average molecular weight is 537 g/mol. The monoisotopic (exact) mass is 536 g/mol. The topological polar surface area (TPSA) is 55.4 Å². The number of likely N-dealkylation sites (tertiary alicyclic amines) is 2. The molecule has 3 heterocycles. The molecule has 0 bridgehead atoms. The van der Waals surface area contributed by atoms with Crippen molar-refractivity contribution in [3.05, 3.63) is 0 Å². The molecule has 2 N–H and O–H groups in total. The third kappa shape index (κ3) is 7.46. The Morgan fingerprint density at radius 2 is 1.67 bits per heavy atom. The van der Waals surface area contributed by atoms with E-state index in [4.69, 9.17) is 9.73 Å². The number of morpholine rings is 1. The molecule has 3 aliphatic heterocycles. The van der Waals surface area contributed by atoms with E-state index in [1.807, 2.05) is 0 Å². The lowest BCUT2D eigenvalue weighted by Crippen LogP contribution is -2.58. The smallest absolute Gasteiger partial charge is 0.191 e. The molecule has 0 aromatic rings. The molecule has 0 spiro atoms. The minimum Gasteiger partial charge on any atom is -0.379 e. The molecule has 30 heavy (non-hydrogen) atoms. The number of hydrogen-bond donors (Lipinski definition) is 2. The van der Waals surface area contributed by atoms with Crippen LogP contribution < -0.4 is 10.6 Å². The van der Waals surface area contributed by atoms with Gasteiger partial charge in [-0.15, -0.1) is 24.0 Å². The predicted molar refractivity (Wildman–Crippen MR) is 136 cm³/mol. The highest BCUT2D eigenvalue weighted by atomic mass is 127. The highest BCUT2D eigenvalue weighted by molar-refractivity contribution is 14.0. The van der Waals surface area contributed by atoms with Gasteiger partial charge in [-0.25, -0.2) is 0 Å². The maximum atomic E-state index is 5.49. The molecule has 3 saturated heterocycles. The molecule has 1 atom stereocenters. The number of hydrogen-bond acceptors (Lipinski definition) is 5. The van der Waals surface area contributed by atoms with Crippen molar-refractivity contribution >= 4 is 29.9 Å². The van der Waals surface area contributed by atoms with Gasteiger partial charge in [-0.2, -0.15) is 0 Å². The number of aliphatic imine (C=N–C) groups is 1. The van der Waals surface area contributed by atoms with Crippen LogP contribution in [-0.2, 0) is 4.74 Å². The van der Waals surface area contributed by atoms with Crippen LogP contribution in [0.3, 0.4) is 0 Å². The molecule has 1 unspecified atom stereocenters. The fourth-order valence-electron chi connectivity index (χ4n) is 4.94. The number of nitrogens with one attached hydrogen (secondary N) is 2. The van der Waals surface area contributed by atoms with Gasteiger partial charge in [0, 0.05) is 37.8 Å². The summed E-state index contributed by atoms with van der Waals surface area (Å²) in [5.74, 6) is 0.975. The van der Waals surface area contributed by atoms with E-state index in [0.29, 0.717) is 6.04 Å². The van der Waals surface area contributed by atoms with E-state index in [0.717, 1.165) is 51.9 Å². The Morgan fingerprint density at radius 3 is 2.30 bits per heavy atom. The van der Waals surface area contributed by atoms with Gasteiger partial charge in [-0.1, -0.05) is 6.42 Å². The highest BCUT2D eigenvalue weighted by Gasteiger charge is 2.39. The maximum Gasteiger partial charge on any atom is 0.191 e. The van der Waals surface area contributed by atoms with Gasteiger partial charge in [-0.3, -0.25) is 14.8 Å². The minimum atomic E-state index is 0. The van der Waals surface area contributed by atoms with Crippen LogP contribution in [0.4, 0.5) is 0 Å². The zero-order valence-corrected chi connectivity index (χ0v) is 21.8. The van der Waals surface area contributed by atoms with Gasteiger partial charge < -0.3 is 20.3 Å². The van der Waals surface area contributed by atoms with Crippen molar-refractivity contribution in [3.8, 4) is 0 Å². The second-order valence-corrected chi connectivity index (χ2v) is 9.15. The lowest BCUT2D eigenvalue weighted by Gasteiger charge is -2.49. The van der Waals surface area contributed by atoms with Crippen LogP contribution in [0.15, 0.2) is 4.99 Å². The summed E-state index contributed by atoms with van der Waals surface area (Å²) < 4.78 is 5.49. The number of piperidine rings is 2. The molecule has 0 saturated carbocycles. The Kier molecular flexibility index (Phi) is 11.7. The van der Waals surface area contributed by atoms with Crippen LogP contribution in [0.2, 0.25) is 0 Å². The predicted octanol–water partition coefficient (Wildman–Crippen LogP) is 1.83. The molecular weight excluding hydrogens is 491 g/mol. The van der Waals surface area contributed by atoms with Crippen LogP contribution in [0.25, 0.3) is 0 Å². The van der Waals surface area contributed by atoms with E-state index in [-0.39, 0.29) is 29.5 Å². The Morgan fingerprint density at radius 1 is 1.00 bits per heavy atom. The van der Waals surface area contributed by atoms with Crippen molar-refractivity contribution in [3.63, 3.8) is 0 Å². The summed E-state index contributed by atoms with van der Waals surface area (Å²) in [7, 11) is 2.25. The first kappa shape index (κ1) is 26.1. The van der Waals surface area contributed by atoms with Crippen LogP contribution in [0, 0.1) is 0 Å². The molecule has 8 heteroatoms. The molecule has 0 aromatic carbocycles. The van der Waals surface area contributed by atoms with E-state index >= 15 is 0 Å². The van der Waals surface area contributed by atoms with Crippen molar-refractivity contribution < 1.29 is 4.74 Å². The Balaban J connectivity index is 0.00000320. The third-order valence-electron chi connectivity index (χ3n) is 7.05. The summed E-state index contributed by atoms with van der Waals surface area (Å²) in [5.41, 5.74) is 0.241. The summed E-state index contributed by atoms with van der Waals surface area (Å²) in [4.78, 5) is 12.9. The van der Waals surface area contributed by atoms with E-state index in [2.05, 4.69) is 46.2 Å². The first-order chi connectivity index (χ1) is 14.1. The summed E-state index contributed by atoms with van der Waals surface area (Å²) in [5, 5.41) is 7.09. The normalized spacial score (nSPS) is 25.4. The molecule has 0 aromatic heterocycles. The van der Waals surface area contributed by atoms with Crippen molar-refractivity contribution in [2.24, 2.45) is 4.99 Å². The molecular formula is C22H45IN6O. The molecule has 0 radical (unpaired) electrons. The van der Waals surface area contributed by atoms with Gasteiger partial charge in [0.25, 0.3) is 0 Å². The Hall–Kier alpha value is -0.160. The molecule has 7 nitrogen and oxygen atoms in total. The molecule has 176 valence electrons. The van der Waals surface area contributed by atoms with E-state index in [1.165, 1.54) is 58.3 Å². The fourth-order valence-corrected chi connectivity index (χ4v) is 4.94. The largest absolute Gasteiger partial charge is 0.379 e. The summed E-state index contributed by atoms with van der Waals surface area (Å²) in [6, 6.07) is 0.488. The molecule has 3 fully saturated rings. The Bertz CT molecular complexity index is 500. The van der Waals surface area contributed by atoms with E-state index < -0.39 is 0 Å². The zero-order chi connectivity index (χ0) is 20.5. The van der Waals surface area contributed by atoms with Crippen molar-refractivity contribution in [2.75, 3.05) is 79.2 Å². The van der Waals surface area contributed by atoms with Crippen LogP contribution in [0.1, 0.15) is 46.0 Å². The number of guanidine groups is 1. The molecule has 0 amide bonds. The summed E-state index contributed by atoms with van der Waals surface area (Å²) in [6.45, 7) is 15.8. The maximum absolute atomic E-state index is 5.49. The van der Waals surface area contributed by atoms with Gasteiger partial charge in [0.05, 0.1) is 19.8 Å². The second kappa shape index (κ2) is 13.4. The van der Waals surface area contributed by atoms with Crippen LogP contribution in [-0.4, -0.2) is 111 Å². The molecule has 3 aliphatic rings. The van der Waals surface area contributed by atoms with Gasteiger partial charge in [-0.05, 0) is 72.8 Å². The first-order valence-corrected chi connectivity index (χ1v) is 11.9.